The second kappa shape index (κ2) is 4.61. The molecule has 0 fully saturated rings. The van der Waals surface area contributed by atoms with Crippen LogP contribution in [0.4, 0.5) is 17.6 Å². The molecule has 0 aliphatic carbocycles. The fourth-order valence-corrected chi connectivity index (χ4v) is 1.00. The van der Waals surface area contributed by atoms with E-state index in [1.54, 1.807) is 6.92 Å². The Labute approximate surface area is 83.9 Å². The van der Waals surface area contributed by atoms with Crippen LogP contribution in [0.2, 0.25) is 0 Å². The molecule has 0 saturated carbocycles. The second-order valence-electron chi connectivity index (χ2n) is 3.16. The van der Waals surface area contributed by atoms with Crippen molar-refractivity contribution in [1.29, 1.82) is 0 Å². The van der Waals surface area contributed by atoms with Gasteiger partial charge >= 0.3 is 12.3 Å². The van der Waals surface area contributed by atoms with E-state index < -0.39 is 18.9 Å². The standard InChI is InChI=1S/C8H11F4N3/c1-5-14-3-6(15-5)2-13-4-8(11,12)7(9)10/h3,7,13H,2,4H2,1H3,(H,14,15). The highest BCUT2D eigenvalue weighted by molar-refractivity contribution is 4.99. The number of H-pyrrole nitrogens is 1. The minimum Gasteiger partial charge on any atom is -0.345 e. The van der Waals surface area contributed by atoms with Crippen LogP contribution in [0, 0.1) is 6.92 Å². The summed E-state index contributed by atoms with van der Waals surface area (Å²) < 4.78 is 48.3. The Morgan fingerprint density at radius 1 is 1.53 bits per heavy atom. The predicted octanol–water partition coefficient (Wildman–Crippen LogP) is 1.71. The van der Waals surface area contributed by atoms with Gasteiger partial charge in [0.25, 0.3) is 0 Å². The summed E-state index contributed by atoms with van der Waals surface area (Å²) in [5, 5.41) is 2.24. The zero-order valence-electron chi connectivity index (χ0n) is 8.03. The van der Waals surface area contributed by atoms with Gasteiger partial charge in [-0.05, 0) is 6.92 Å². The summed E-state index contributed by atoms with van der Waals surface area (Å²) in [6.45, 7) is 0.711. The van der Waals surface area contributed by atoms with Crippen molar-refractivity contribution in [3.8, 4) is 0 Å². The lowest BCUT2D eigenvalue weighted by Crippen LogP contribution is -2.38. The summed E-state index contributed by atoms with van der Waals surface area (Å²) in [6, 6.07) is 0. The Morgan fingerprint density at radius 3 is 2.67 bits per heavy atom. The maximum atomic E-state index is 12.4. The summed E-state index contributed by atoms with van der Waals surface area (Å²) in [7, 11) is 0. The van der Waals surface area contributed by atoms with Crippen LogP contribution in [0.25, 0.3) is 0 Å². The van der Waals surface area contributed by atoms with Crippen molar-refractivity contribution in [2.24, 2.45) is 0 Å². The number of hydrogen-bond donors (Lipinski definition) is 2. The largest absolute Gasteiger partial charge is 0.345 e. The maximum absolute atomic E-state index is 12.4. The molecule has 0 aliphatic heterocycles. The maximum Gasteiger partial charge on any atom is 0.319 e. The zero-order chi connectivity index (χ0) is 11.5. The van der Waals surface area contributed by atoms with Crippen molar-refractivity contribution >= 4 is 0 Å². The zero-order valence-corrected chi connectivity index (χ0v) is 8.03. The van der Waals surface area contributed by atoms with E-state index in [-0.39, 0.29) is 6.54 Å². The monoisotopic (exact) mass is 225 g/mol. The summed E-state index contributed by atoms with van der Waals surface area (Å²) in [5.74, 6) is -3.35. The van der Waals surface area contributed by atoms with Crippen molar-refractivity contribution in [3.63, 3.8) is 0 Å². The number of nitrogens with zero attached hydrogens (tertiary/aromatic N) is 1. The molecule has 3 nitrogen and oxygen atoms in total. The van der Waals surface area contributed by atoms with Crippen LogP contribution in [-0.4, -0.2) is 28.9 Å². The van der Waals surface area contributed by atoms with Gasteiger partial charge in [0.05, 0.1) is 6.54 Å². The Morgan fingerprint density at radius 2 is 2.20 bits per heavy atom. The first-order valence-electron chi connectivity index (χ1n) is 4.29. The minimum absolute atomic E-state index is 0.0587. The van der Waals surface area contributed by atoms with Gasteiger partial charge in [-0.1, -0.05) is 0 Å². The normalized spacial score (nSPS) is 12.4. The molecule has 1 heterocycles. The number of alkyl halides is 4. The summed E-state index contributed by atoms with van der Waals surface area (Å²) >= 11 is 0. The van der Waals surface area contributed by atoms with E-state index in [0.717, 1.165) is 0 Å². The van der Waals surface area contributed by atoms with Crippen LogP contribution in [0.3, 0.4) is 0 Å². The SMILES string of the molecule is Cc1ncc(CNCC(F)(F)C(F)F)[nH]1. The van der Waals surface area contributed by atoms with E-state index in [2.05, 4.69) is 15.3 Å². The first-order valence-corrected chi connectivity index (χ1v) is 4.29. The number of aromatic nitrogens is 2. The van der Waals surface area contributed by atoms with Crippen LogP contribution < -0.4 is 5.32 Å². The number of imidazole rings is 1. The molecule has 1 aromatic rings. The fourth-order valence-electron chi connectivity index (χ4n) is 1.00. The molecule has 0 saturated heterocycles. The van der Waals surface area contributed by atoms with Crippen LogP contribution in [0.1, 0.15) is 11.5 Å². The van der Waals surface area contributed by atoms with Crippen molar-refractivity contribution in [3.05, 3.63) is 17.7 Å². The van der Waals surface area contributed by atoms with Crippen molar-refractivity contribution in [2.75, 3.05) is 6.54 Å². The average molecular weight is 225 g/mol. The van der Waals surface area contributed by atoms with Gasteiger partial charge in [-0.2, -0.15) is 8.78 Å². The summed E-state index contributed by atoms with van der Waals surface area (Å²) in [6.07, 6.45) is -2.18. The second-order valence-corrected chi connectivity index (χ2v) is 3.16. The van der Waals surface area contributed by atoms with Gasteiger partial charge in [-0.15, -0.1) is 0 Å². The van der Waals surface area contributed by atoms with Gasteiger partial charge in [0.15, 0.2) is 0 Å². The molecule has 0 atom stereocenters. The van der Waals surface area contributed by atoms with E-state index in [1.807, 2.05) is 0 Å². The van der Waals surface area contributed by atoms with Gasteiger partial charge in [-0.25, -0.2) is 13.8 Å². The number of nitrogens with one attached hydrogen (secondary N) is 2. The first-order chi connectivity index (χ1) is 6.92. The van der Waals surface area contributed by atoms with Gasteiger partial charge in [-0.3, -0.25) is 0 Å². The smallest absolute Gasteiger partial charge is 0.319 e. The lowest BCUT2D eigenvalue weighted by molar-refractivity contribution is -0.125. The molecule has 2 N–H and O–H groups in total. The number of halogens is 4. The molecule has 0 spiro atoms. The van der Waals surface area contributed by atoms with Crippen molar-refractivity contribution < 1.29 is 17.6 Å². The van der Waals surface area contributed by atoms with Crippen molar-refractivity contribution in [1.82, 2.24) is 15.3 Å². The van der Waals surface area contributed by atoms with E-state index in [4.69, 9.17) is 0 Å². The Bertz CT molecular complexity index is 311. The third-order valence-electron chi connectivity index (χ3n) is 1.75. The van der Waals surface area contributed by atoms with Gasteiger partial charge in [0, 0.05) is 18.4 Å². The molecule has 1 rings (SSSR count). The predicted molar refractivity (Wildman–Crippen MR) is 46.0 cm³/mol. The highest BCUT2D eigenvalue weighted by Gasteiger charge is 2.39. The lowest BCUT2D eigenvalue weighted by Gasteiger charge is -2.15. The van der Waals surface area contributed by atoms with E-state index in [9.17, 15) is 17.6 Å². The molecule has 0 bridgehead atoms. The molecular weight excluding hydrogens is 214 g/mol. The molecule has 1 aromatic heterocycles. The quantitative estimate of drug-likeness (QED) is 0.749. The highest BCUT2D eigenvalue weighted by atomic mass is 19.3. The number of hydrogen-bond acceptors (Lipinski definition) is 2. The molecular formula is C8H11F4N3. The highest BCUT2D eigenvalue weighted by Crippen LogP contribution is 2.21. The van der Waals surface area contributed by atoms with Crippen LogP contribution >= 0.6 is 0 Å². The number of rotatable bonds is 5. The van der Waals surface area contributed by atoms with Gasteiger partial charge in [0.2, 0.25) is 0 Å². The molecule has 7 heteroatoms. The minimum atomic E-state index is -3.99. The summed E-state index contributed by atoms with van der Waals surface area (Å²) in [4.78, 5) is 6.62. The molecule has 0 unspecified atom stereocenters. The van der Waals surface area contributed by atoms with Crippen LogP contribution in [-0.2, 0) is 6.54 Å². The van der Waals surface area contributed by atoms with E-state index in [1.165, 1.54) is 6.20 Å². The fraction of sp³-hybridized carbons (Fsp3) is 0.625. The Hall–Kier alpha value is -1.11. The van der Waals surface area contributed by atoms with Crippen LogP contribution in [0.15, 0.2) is 6.20 Å². The first kappa shape index (κ1) is 12.0. The third-order valence-corrected chi connectivity index (χ3v) is 1.75. The topological polar surface area (TPSA) is 40.7 Å². The molecule has 15 heavy (non-hydrogen) atoms. The Kier molecular flexibility index (Phi) is 3.67. The van der Waals surface area contributed by atoms with Gasteiger partial charge < -0.3 is 10.3 Å². The van der Waals surface area contributed by atoms with Gasteiger partial charge in [0.1, 0.15) is 5.82 Å². The molecule has 0 radical (unpaired) electrons. The molecule has 86 valence electrons. The van der Waals surface area contributed by atoms with E-state index in [0.29, 0.717) is 11.5 Å². The van der Waals surface area contributed by atoms with Crippen molar-refractivity contribution in [2.45, 2.75) is 25.8 Å². The molecule has 0 amide bonds. The lowest BCUT2D eigenvalue weighted by atomic mass is 10.3. The average Bonchev–Trinajstić information content (AvgIpc) is 2.51. The number of aromatic amines is 1. The summed E-state index contributed by atoms with van der Waals surface area (Å²) in [5.41, 5.74) is 0.581. The number of aryl methyl sites for hydroxylation is 1. The van der Waals surface area contributed by atoms with E-state index >= 15 is 0 Å². The Balaban J connectivity index is 2.33. The molecule has 0 aromatic carbocycles. The van der Waals surface area contributed by atoms with Crippen LogP contribution in [0.5, 0.6) is 0 Å². The third kappa shape index (κ3) is 3.50. The molecule has 0 aliphatic rings.